The van der Waals surface area contributed by atoms with E-state index in [-0.39, 0.29) is 6.04 Å². The molecule has 2 rings (SSSR count). The molecule has 0 aliphatic rings. The molecule has 1 aromatic carbocycles. The van der Waals surface area contributed by atoms with Crippen molar-refractivity contribution < 1.29 is 0 Å². The van der Waals surface area contributed by atoms with Gasteiger partial charge in [0.1, 0.15) is 0 Å². The SMILES string of the molecule is CN(C)Cc1cccc(C(N)c2cccs2)c1. The van der Waals surface area contributed by atoms with Crippen LogP contribution in [-0.4, -0.2) is 19.0 Å². The third-order valence-electron chi connectivity index (χ3n) is 2.66. The summed E-state index contributed by atoms with van der Waals surface area (Å²) >= 11 is 1.71. The summed E-state index contributed by atoms with van der Waals surface area (Å²) in [5.74, 6) is 0. The van der Waals surface area contributed by atoms with E-state index in [0.717, 1.165) is 6.54 Å². The molecule has 0 aliphatic heterocycles. The number of benzene rings is 1. The van der Waals surface area contributed by atoms with Gasteiger partial charge >= 0.3 is 0 Å². The van der Waals surface area contributed by atoms with Gasteiger partial charge in [-0.25, -0.2) is 0 Å². The molecular weight excluding hydrogens is 228 g/mol. The Morgan fingerprint density at radius 1 is 1.24 bits per heavy atom. The molecule has 90 valence electrons. The minimum atomic E-state index is -0.00267. The van der Waals surface area contributed by atoms with Gasteiger partial charge in [0.15, 0.2) is 0 Å². The van der Waals surface area contributed by atoms with Crippen LogP contribution in [0.15, 0.2) is 41.8 Å². The van der Waals surface area contributed by atoms with Gasteiger partial charge in [0, 0.05) is 11.4 Å². The fourth-order valence-corrected chi connectivity index (χ4v) is 2.64. The number of rotatable bonds is 4. The summed E-state index contributed by atoms with van der Waals surface area (Å²) in [6.45, 7) is 0.949. The molecule has 17 heavy (non-hydrogen) atoms. The van der Waals surface area contributed by atoms with Gasteiger partial charge in [-0.3, -0.25) is 0 Å². The Morgan fingerprint density at radius 2 is 2.06 bits per heavy atom. The maximum Gasteiger partial charge on any atom is 0.0646 e. The van der Waals surface area contributed by atoms with Gasteiger partial charge in [0.05, 0.1) is 6.04 Å². The predicted molar refractivity (Wildman–Crippen MR) is 74.2 cm³/mol. The summed E-state index contributed by atoms with van der Waals surface area (Å²) < 4.78 is 0. The van der Waals surface area contributed by atoms with E-state index >= 15 is 0 Å². The van der Waals surface area contributed by atoms with Crippen LogP contribution in [0.25, 0.3) is 0 Å². The number of nitrogens with zero attached hydrogens (tertiary/aromatic N) is 1. The second kappa shape index (κ2) is 5.45. The van der Waals surface area contributed by atoms with Crippen molar-refractivity contribution >= 4 is 11.3 Å². The molecule has 1 heterocycles. The molecule has 1 aromatic heterocycles. The largest absolute Gasteiger partial charge is 0.320 e. The molecule has 2 N–H and O–H groups in total. The highest BCUT2D eigenvalue weighted by atomic mass is 32.1. The lowest BCUT2D eigenvalue weighted by atomic mass is 10.0. The topological polar surface area (TPSA) is 29.3 Å². The Hall–Kier alpha value is -1.16. The molecule has 1 unspecified atom stereocenters. The molecule has 0 fully saturated rings. The van der Waals surface area contributed by atoms with Crippen molar-refractivity contribution in [2.45, 2.75) is 12.6 Å². The van der Waals surface area contributed by atoms with Gasteiger partial charge in [0.25, 0.3) is 0 Å². The minimum Gasteiger partial charge on any atom is -0.320 e. The lowest BCUT2D eigenvalue weighted by Gasteiger charge is -2.14. The summed E-state index contributed by atoms with van der Waals surface area (Å²) in [4.78, 5) is 3.38. The van der Waals surface area contributed by atoms with E-state index in [2.05, 4.69) is 54.7 Å². The van der Waals surface area contributed by atoms with Crippen LogP contribution in [0.1, 0.15) is 22.0 Å². The highest BCUT2D eigenvalue weighted by molar-refractivity contribution is 7.10. The van der Waals surface area contributed by atoms with Crippen LogP contribution < -0.4 is 5.73 Å². The highest BCUT2D eigenvalue weighted by Gasteiger charge is 2.10. The first-order valence-electron chi connectivity index (χ1n) is 5.69. The van der Waals surface area contributed by atoms with Crippen molar-refractivity contribution in [3.8, 4) is 0 Å². The Labute approximate surface area is 107 Å². The van der Waals surface area contributed by atoms with Gasteiger partial charge in [-0.15, -0.1) is 11.3 Å². The zero-order chi connectivity index (χ0) is 12.3. The predicted octanol–water partition coefficient (Wildman–Crippen LogP) is 2.86. The maximum absolute atomic E-state index is 6.26. The van der Waals surface area contributed by atoms with E-state index in [1.807, 2.05) is 6.07 Å². The van der Waals surface area contributed by atoms with Crippen molar-refractivity contribution in [2.75, 3.05) is 14.1 Å². The molecule has 2 nitrogen and oxygen atoms in total. The zero-order valence-electron chi connectivity index (χ0n) is 10.3. The summed E-state index contributed by atoms with van der Waals surface area (Å²) in [7, 11) is 4.15. The molecule has 1 atom stereocenters. The van der Waals surface area contributed by atoms with Gasteiger partial charge in [-0.1, -0.05) is 30.3 Å². The van der Waals surface area contributed by atoms with Crippen molar-refractivity contribution in [1.82, 2.24) is 4.90 Å². The van der Waals surface area contributed by atoms with E-state index in [1.54, 1.807) is 11.3 Å². The summed E-state index contributed by atoms with van der Waals surface area (Å²) in [6, 6.07) is 12.7. The first kappa shape index (κ1) is 12.3. The van der Waals surface area contributed by atoms with Crippen LogP contribution in [0.4, 0.5) is 0 Å². The average Bonchev–Trinajstić information content (AvgIpc) is 2.81. The van der Waals surface area contributed by atoms with Crippen molar-refractivity contribution in [3.63, 3.8) is 0 Å². The Balaban J connectivity index is 2.21. The number of thiophene rings is 1. The second-order valence-corrected chi connectivity index (χ2v) is 5.46. The molecule has 0 spiro atoms. The number of nitrogens with two attached hydrogens (primary N) is 1. The Kier molecular flexibility index (Phi) is 3.94. The van der Waals surface area contributed by atoms with E-state index in [0.29, 0.717) is 0 Å². The average molecular weight is 246 g/mol. The van der Waals surface area contributed by atoms with Crippen LogP contribution in [0.2, 0.25) is 0 Å². The maximum atomic E-state index is 6.26. The Morgan fingerprint density at radius 3 is 2.71 bits per heavy atom. The molecular formula is C14H18N2S. The van der Waals surface area contributed by atoms with E-state index in [9.17, 15) is 0 Å². The van der Waals surface area contributed by atoms with Gasteiger partial charge in [-0.05, 0) is 36.7 Å². The van der Waals surface area contributed by atoms with E-state index in [1.165, 1.54) is 16.0 Å². The van der Waals surface area contributed by atoms with Crippen LogP contribution >= 0.6 is 11.3 Å². The number of hydrogen-bond donors (Lipinski definition) is 1. The minimum absolute atomic E-state index is 0.00267. The first-order chi connectivity index (χ1) is 8.16. The fourth-order valence-electron chi connectivity index (χ4n) is 1.88. The zero-order valence-corrected chi connectivity index (χ0v) is 11.1. The lowest BCUT2D eigenvalue weighted by Crippen LogP contribution is -2.13. The van der Waals surface area contributed by atoms with Crippen LogP contribution in [0.5, 0.6) is 0 Å². The fraction of sp³-hybridized carbons (Fsp3) is 0.286. The monoisotopic (exact) mass is 246 g/mol. The Bertz CT molecular complexity index is 463. The smallest absolute Gasteiger partial charge is 0.0646 e. The summed E-state index contributed by atoms with van der Waals surface area (Å²) in [5, 5.41) is 2.07. The quantitative estimate of drug-likeness (QED) is 0.899. The van der Waals surface area contributed by atoms with E-state index in [4.69, 9.17) is 5.73 Å². The van der Waals surface area contributed by atoms with E-state index < -0.39 is 0 Å². The van der Waals surface area contributed by atoms with Crippen LogP contribution in [-0.2, 0) is 6.54 Å². The molecule has 0 amide bonds. The molecule has 2 aromatic rings. The first-order valence-corrected chi connectivity index (χ1v) is 6.57. The normalized spacial score (nSPS) is 12.9. The molecule has 0 aliphatic carbocycles. The van der Waals surface area contributed by atoms with Crippen LogP contribution in [0, 0.1) is 0 Å². The number of hydrogen-bond acceptors (Lipinski definition) is 3. The van der Waals surface area contributed by atoms with Crippen molar-refractivity contribution in [1.29, 1.82) is 0 Å². The van der Waals surface area contributed by atoms with Gasteiger partial charge in [0.2, 0.25) is 0 Å². The molecule has 0 radical (unpaired) electrons. The lowest BCUT2D eigenvalue weighted by molar-refractivity contribution is 0.402. The molecule has 0 bridgehead atoms. The van der Waals surface area contributed by atoms with Gasteiger partial charge < -0.3 is 10.6 Å². The third-order valence-corrected chi connectivity index (χ3v) is 3.61. The van der Waals surface area contributed by atoms with Gasteiger partial charge in [-0.2, -0.15) is 0 Å². The van der Waals surface area contributed by atoms with Crippen LogP contribution in [0.3, 0.4) is 0 Å². The van der Waals surface area contributed by atoms with Crippen molar-refractivity contribution in [2.24, 2.45) is 5.73 Å². The third kappa shape index (κ3) is 3.16. The highest BCUT2D eigenvalue weighted by Crippen LogP contribution is 2.24. The van der Waals surface area contributed by atoms with Crippen molar-refractivity contribution in [3.05, 3.63) is 57.8 Å². The molecule has 0 saturated carbocycles. The molecule has 3 heteroatoms. The summed E-state index contributed by atoms with van der Waals surface area (Å²) in [5.41, 5.74) is 8.75. The summed E-state index contributed by atoms with van der Waals surface area (Å²) in [6.07, 6.45) is 0. The second-order valence-electron chi connectivity index (χ2n) is 4.48. The standard InChI is InChI=1S/C14H18N2S/c1-16(2)10-11-5-3-6-12(9-11)14(15)13-7-4-8-17-13/h3-9,14H,10,15H2,1-2H3. The molecule has 0 saturated heterocycles.